The first-order chi connectivity index (χ1) is 16.5. The van der Waals surface area contributed by atoms with E-state index in [2.05, 4.69) is 4.98 Å². The van der Waals surface area contributed by atoms with Gasteiger partial charge in [-0.25, -0.2) is 12.8 Å². The van der Waals surface area contributed by atoms with E-state index in [0.29, 0.717) is 17.7 Å². The number of nitrogens with zero attached hydrogens (tertiary/aromatic N) is 1. The molecule has 2 heterocycles. The number of alkyl halides is 3. The van der Waals surface area contributed by atoms with Crippen molar-refractivity contribution < 1.29 is 35.8 Å². The van der Waals surface area contributed by atoms with Gasteiger partial charge in [-0.3, -0.25) is 0 Å². The second-order valence-electron chi connectivity index (χ2n) is 9.93. The van der Waals surface area contributed by atoms with Gasteiger partial charge in [-0.05, 0) is 47.7 Å². The Hall–Kier alpha value is -3.10. The molecular formula is C25H24F4N2O4S. The zero-order valence-corrected chi connectivity index (χ0v) is 20.6. The molecule has 11 heteroatoms. The van der Waals surface area contributed by atoms with Gasteiger partial charge in [-0.15, -0.1) is 0 Å². The Balaban J connectivity index is 1.77. The van der Waals surface area contributed by atoms with Gasteiger partial charge in [-0.2, -0.15) is 18.4 Å². The molecule has 2 aromatic carbocycles. The molecule has 192 valence electrons. The molecule has 1 atom stereocenters. The number of sulfone groups is 1. The average molecular weight is 525 g/mol. The minimum atomic E-state index is -5.07. The van der Waals surface area contributed by atoms with Crippen molar-refractivity contribution in [2.75, 3.05) is 12.9 Å². The molecule has 0 saturated carbocycles. The molecule has 4 rings (SSSR count). The summed E-state index contributed by atoms with van der Waals surface area (Å²) < 4.78 is 87.4. The number of nitrogens with one attached hydrogen (secondary N) is 1. The van der Waals surface area contributed by atoms with Crippen LogP contribution in [0.5, 0.6) is 5.75 Å². The lowest BCUT2D eigenvalue weighted by atomic mass is 9.73. The highest BCUT2D eigenvalue weighted by Gasteiger charge is 2.56. The van der Waals surface area contributed by atoms with E-state index in [9.17, 15) is 31.1 Å². The van der Waals surface area contributed by atoms with E-state index in [1.54, 1.807) is 6.07 Å². The normalized spacial score (nSPS) is 15.9. The van der Waals surface area contributed by atoms with Gasteiger partial charge >= 0.3 is 6.18 Å². The molecule has 0 spiro atoms. The highest BCUT2D eigenvalue weighted by molar-refractivity contribution is 7.90. The molecule has 1 aliphatic rings. The van der Waals surface area contributed by atoms with Crippen LogP contribution in [-0.2, 0) is 28.1 Å². The summed E-state index contributed by atoms with van der Waals surface area (Å²) in [5.41, 5.74) is -3.92. The number of aromatic amines is 1. The van der Waals surface area contributed by atoms with E-state index in [1.165, 1.54) is 38.1 Å². The quantitative estimate of drug-likeness (QED) is 0.454. The summed E-state index contributed by atoms with van der Waals surface area (Å²) >= 11 is 0. The van der Waals surface area contributed by atoms with Crippen molar-refractivity contribution in [2.24, 2.45) is 0 Å². The average Bonchev–Trinajstić information content (AvgIpc) is 3.37. The van der Waals surface area contributed by atoms with Gasteiger partial charge in [0.25, 0.3) is 0 Å². The fraction of sp³-hybridized carbons (Fsp3) is 0.400. The van der Waals surface area contributed by atoms with Crippen molar-refractivity contribution in [1.29, 1.82) is 5.26 Å². The molecule has 3 aromatic rings. The number of aromatic nitrogens is 1. The molecule has 1 aliphatic heterocycles. The Bertz CT molecular complexity index is 1500. The number of ether oxygens (including phenoxy) is 1. The van der Waals surface area contributed by atoms with Crippen molar-refractivity contribution in [3.05, 3.63) is 58.5 Å². The molecule has 0 amide bonds. The second kappa shape index (κ2) is 8.49. The number of halogens is 4. The molecule has 0 bridgehead atoms. The molecule has 1 unspecified atom stereocenters. The first kappa shape index (κ1) is 26.0. The summed E-state index contributed by atoms with van der Waals surface area (Å²) in [5.74, 6) is -0.467. The fourth-order valence-electron chi connectivity index (χ4n) is 4.82. The lowest BCUT2D eigenvalue weighted by molar-refractivity contribution is -0.266. The first-order valence-corrected chi connectivity index (χ1v) is 12.9. The highest BCUT2D eigenvalue weighted by Crippen LogP contribution is 2.47. The van der Waals surface area contributed by atoms with Gasteiger partial charge in [0.15, 0.2) is 15.4 Å². The van der Waals surface area contributed by atoms with Gasteiger partial charge in [-0.1, -0.05) is 13.8 Å². The lowest BCUT2D eigenvalue weighted by Crippen LogP contribution is -2.51. The maximum Gasteiger partial charge on any atom is 0.417 e. The third kappa shape index (κ3) is 4.67. The smallest absolute Gasteiger partial charge is 0.417 e. The predicted octanol–water partition coefficient (Wildman–Crippen LogP) is 4.72. The molecule has 0 radical (unpaired) electrons. The number of aliphatic hydroxyl groups is 1. The van der Waals surface area contributed by atoms with Crippen LogP contribution in [-0.4, -0.2) is 43.1 Å². The van der Waals surface area contributed by atoms with Crippen LogP contribution in [0.3, 0.4) is 0 Å². The predicted molar refractivity (Wildman–Crippen MR) is 124 cm³/mol. The van der Waals surface area contributed by atoms with Crippen LogP contribution in [0.4, 0.5) is 17.6 Å². The Labute approximate surface area is 205 Å². The number of nitriles is 1. The summed E-state index contributed by atoms with van der Waals surface area (Å²) in [6, 6.07) is 8.13. The summed E-state index contributed by atoms with van der Waals surface area (Å²) in [7, 11) is -3.66. The fourth-order valence-corrected chi connectivity index (χ4v) is 5.51. The number of hydrogen-bond acceptors (Lipinski definition) is 5. The van der Waals surface area contributed by atoms with Crippen LogP contribution in [0, 0.1) is 17.1 Å². The summed E-state index contributed by atoms with van der Waals surface area (Å²) in [6.07, 6.45) is -5.38. The molecule has 0 saturated heterocycles. The van der Waals surface area contributed by atoms with Crippen LogP contribution in [0.1, 0.15) is 42.7 Å². The van der Waals surface area contributed by atoms with Crippen molar-refractivity contribution in [3.63, 3.8) is 0 Å². The lowest BCUT2D eigenvalue weighted by Gasteiger charge is -2.38. The number of benzene rings is 2. The van der Waals surface area contributed by atoms with Crippen LogP contribution >= 0.6 is 0 Å². The Kier molecular flexibility index (Phi) is 6.13. The van der Waals surface area contributed by atoms with Gasteiger partial charge in [0, 0.05) is 35.7 Å². The molecule has 1 aromatic heterocycles. The minimum absolute atomic E-state index is 0.0115. The van der Waals surface area contributed by atoms with Crippen LogP contribution in [0.25, 0.3) is 10.9 Å². The summed E-state index contributed by atoms with van der Waals surface area (Å²) in [6.45, 7) is 3.23. The maximum absolute atomic E-state index is 14.3. The SMILES string of the molecule is CC(C)(CC(O)(Cc1cc2cc(C#N)cc(F)c2[nH]1)C(F)(F)F)c1cc(S(C)(=O)=O)cc2c1OCC2. The van der Waals surface area contributed by atoms with Gasteiger partial charge in [0.2, 0.25) is 0 Å². The molecule has 2 N–H and O–H groups in total. The first-order valence-electron chi connectivity index (χ1n) is 11.0. The third-order valence-corrected chi connectivity index (χ3v) is 7.62. The Morgan fingerprint density at radius 1 is 1.17 bits per heavy atom. The van der Waals surface area contributed by atoms with E-state index >= 15 is 0 Å². The molecule has 36 heavy (non-hydrogen) atoms. The molecular weight excluding hydrogens is 500 g/mol. The molecule has 6 nitrogen and oxygen atoms in total. The van der Waals surface area contributed by atoms with E-state index in [0.717, 1.165) is 12.3 Å². The molecule has 0 aliphatic carbocycles. The van der Waals surface area contributed by atoms with E-state index in [4.69, 9.17) is 10.00 Å². The van der Waals surface area contributed by atoms with Crippen molar-refractivity contribution in [2.45, 2.75) is 55.2 Å². The highest BCUT2D eigenvalue weighted by atomic mass is 32.2. The number of fused-ring (bicyclic) bond motifs is 2. The van der Waals surface area contributed by atoms with Gasteiger partial charge in [0.1, 0.15) is 11.6 Å². The third-order valence-electron chi connectivity index (χ3n) is 6.52. The van der Waals surface area contributed by atoms with Crippen molar-refractivity contribution in [1.82, 2.24) is 4.98 Å². The monoisotopic (exact) mass is 524 g/mol. The topological polar surface area (TPSA) is 103 Å². The standard InChI is InChI=1S/C25H24F4N2O4S/c1-23(2,19-10-18(36(3,33)34)9-15-4-5-35-22(15)19)13-24(32,25(27,28)29)11-17-8-16-6-14(12-30)7-20(26)21(16)31-17/h6-10,31-32H,4-5,11,13H2,1-3H3. The second-order valence-corrected chi connectivity index (χ2v) is 11.9. The van der Waals surface area contributed by atoms with E-state index in [-0.39, 0.29) is 39.2 Å². The molecule has 0 fully saturated rings. The van der Waals surface area contributed by atoms with Crippen LogP contribution < -0.4 is 4.74 Å². The van der Waals surface area contributed by atoms with Gasteiger partial charge in [0.05, 0.1) is 28.7 Å². The number of H-pyrrole nitrogens is 1. The Morgan fingerprint density at radius 2 is 1.86 bits per heavy atom. The van der Waals surface area contributed by atoms with Crippen LogP contribution in [0.15, 0.2) is 35.2 Å². The van der Waals surface area contributed by atoms with E-state index in [1.807, 2.05) is 0 Å². The minimum Gasteiger partial charge on any atom is -0.493 e. The number of rotatable bonds is 6. The van der Waals surface area contributed by atoms with Gasteiger partial charge < -0.3 is 14.8 Å². The Morgan fingerprint density at radius 3 is 2.47 bits per heavy atom. The van der Waals surface area contributed by atoms with Crippen molar-refractivity contribution in [3.8, 4) is 11.8 Å². The summed E-state index contributed by atoms with van der Waals surface area (Å²) in [5, 5.41) is 20.3. The van der Waals surface area contributed by atoms with Crippen molar-refractivity contribution >= 4 is 20.7 Å². The zero-order chi connectivity index (χ0) is 26.7. The van der Waals surface area contributed by atoms with E-state index < -0.39 is 45.7 Å². The summed E-state index contributed by atoms with van der Waals surface area (Å²) in [4.78, 5) is 2.55. The maximum atomic E-state index is 14.3. The largest absolute Gasteiger partial charge is 0.493 e. The zero-order valence-electron chi connectivity index (χ0n) is 19.8. The number of hydrogen-bond donors (Lipinski definition) is 2. The van der Waals surface area contributed by atoms with Crippen LogP contribution in [0.2, 0.25) is 0 Å².